The summed E-state index contributed by atoms with van der Waals surface area (Å²) in [5.74, 6) is 0.450. The van der Waals surface area contributed by atoms with Gasteiger partial charge in [0.05, 0.1) is 13.2 Å². The van der Waals surface area contributed by atoms with Crippen LogP contribution in [0.3, 0.4) is 0 Å². The van der Waals surface area contributed by atoms with Crippen molar-refractivity contribution in [2.24, 2.45) is 0 Å². The van der Waals surface area contributed by atoms with Crippen molar-refractivity contribution in [2.45, 2.75) is 25.9 Å². The van der Waals surface area contributed by atoms with Gasteiger partial charge in [-0.25, -0.2) is 0 Å². The molecule has 0 aliphatic rings. The fraction of sp³-hybridized carbons (Fsp3) is 0.462. The maximum atomic E-state index is 11.7. The van der Waals surface area contributed by atoms with E-state index in [1.165, 1.54) is 0 Å². The van der Waals surface area contributed by atoms with Crippen LogP contribution in [0.5, 0.6) is 5.75 Å². The number of nitrogens with one attached hydrogen (secondary N) is 1. The molecule has 1 rings (SSSR count). The molecule has 0 fully saturated rings. The minimum Gasteiger partial charge on any atom is -0.497 e. The van der Waals surface area contributed by atoms with Gasteiger partial charge in [-0.2, -0.15) is 0 Å². The van der Waals surface area contributed by atoms with E-state index in [0.717, 1.165) is 6.42 Å². The van der Waals surface area contributed by atoms with Crippen molar-refractivity contribution < 1.29 is 14.6 Å². The highest BCUT2D eigenvalue weighted by Gasteiger charge is 2.08. The third-order valence-electron chi connectivity index (χ3n) is 2.45. The summed E-state index contributed by atoms with van der Waals surface area (Å²) >= 11 is 0. The molecule has 0 bridgehead atoms. The van der Waals surface area contributed by atoms with E-state index in [9.17, 15) is 9.90 Å². The number of carbonyl (C=O) groups is 1. The Labute approximate surface area is 102 Å². The highest BCUT2D eigenvalue weighted by molar-refractivity contribution is 5.94. The number of rotatable bonds is 6. The topological polar surface area (TPSA) is 58.6 Å². The Morgan fingerprint density at radius 1 is 1.53 bits per heavy atom. The van der Waals surface area contributed by atoms with E-state index >= 15 is 0 Å². The largest absolute Gasteiger partial charge is 0.497 e. The summed E-state index contributed by atoms with van der Waals surface area (Å²) < 4.78 is 5.04. The summed E-state index contributed by atoms with van der Waals surface area (Å²) in [5, 5.41) is 12.2. The first-order chi connectivity index (χ1) is 8.17. The Morgan fingerprint density at radius 2 is 2.29 bits per heavy atom. The van der Waals surface area contributed by atoms with Gasteiger partial charge in [-0.3, -0.25) is 4.79 Å². The molecule has 94 valence electrons. The van der Waals surface area contributed by atoms with Crippen molar-refractivity contribution in [3.05, 3.63) is 29.8 Å². The van der Waals surface area contributed by atoms with Crippen molar-refractivity contribution >= 4 is 5.91 Å². The highest BCUT2D eigenvalue weighted by Crippen LogP contribution is 2.12. The Bertz CT molecular complexity index is 365. The number of hydrogen-bond donors (Lipinski definition) is 2. The Kier molecular flexibility index (Phi) is 5.49. The van der Waals surface area contributed by atoms with Crippen LogP contribution >= 0.6 is 0 Å². The van der Waals surface area contributed by atoms with Gasteiger partial charge in [-0.15, -0.1) is 0 Å². The second-order valence-electron chi connectivity index (χ2n) is 3.88. The van der Waals surface area contributed by atoms with E-state index in [-0.39, 0.29) is 12.5 Å². The number of hydrogen-bond acceptors (Lipinski definition) is 3. The fourth-order valence-electron chi connectivity index (χ4n) is 1.51. The van der Waals surface area contributed by atoms with Crippen LogP contribution in [0.15, 0.2) is 24.3 Å². The summed E-state index contributed by atoms with van der Waals surface area (Å²) in [6.45, 7) is 2.27. The van der Waals surface area contributed by atoms with Crippen LogP contribution in [-0.2, 0) is 0 Å². The first-order valence-corrected chi connectivity index (χ1v) is 5.77. The Morgan fingerprint density at radius 3 is 2.94 bits per heavy atom. The average molecular weight is 237 g/mol. The van der Waals surface area contributed by atoms with Gasteiger partial charge in [0, 0.05) is 12.1 Å². The Balaban J connectivity index is 2.51. The van der Waals surface area contributed by atoms with E-state index in [2.05, 4.69) is 5.32 Å². The lowest BCUT2D eigenvalue weighted by Crippen LogP contribution is -2.31. The van der Waals surface area contributed by atoms with Crippen LogP contribution < -0.4 is 10.1 Å². The number of aliphatic hydroxyl groups is 1. The molecule has 0 aromatic heterocycles. The molecule has 4 heteroatoms. The predicted molar refractivity (Wildman–Crippen MR) is 66.2 cm³/mol. The lowest BCUT2D eigenvalue weighted by Gasteiger charge is -2.11. The first kappa shape index (κ1) is 13.5. The van der Waals surface area contributed by atoms with Gasteiger partial charge in [0.1, 0.15) is 5.75 Å². The van der Waals surface area contributed by atoms with Crippen LogP contribution in [0, 0.1) is 0 Å². The number of amides is 1. The van der Waals surface area contributed by atoms with Crippen LogP contribution in [0.2, 0.25) is 0 Å². The molecular formula is C13H19NO3. The van der Waals surface area contributed by atoms with Gasteiger partial charge in [0.15, 0.2) is 0 Å². The number of aliphatic hydroxyl groups excluding tert-OH is 1. The van der Waals surface area contributed by atoms with Gasteiger partial charge < -0.3 is 15.2 Å². The summed E-state index contributed by atoms with van der Waals surface area (Å²) in [4.78, 5) is 11.7. The molecule has 2 N–H and O–H groups in total. The molecule has 0 aliphatic carbocycles. The minimum absolute atomic E-state index is 0.195. The van der Waals surface area contributed by atoms with E-state index in [4.69, 9.17) is 4.74 Å². The molecule has 0 spiro atoms. The third-order valence-corrected chi connectivity index (χ3v) is 2.45. The van der Waals surface area contributed by atoms with E-state index in [1.54, 1.807) is 31.4 Å². The van der Waals surface area contributed by atoms with E-state index < -0.39 is 6.10 Å². The van der Waals surface area contributed by atoms with Crippen molar-refractivity contribution in [1.29, 1.82) is 0 Å². The lowest BCUT2D eigenvalue weighted by molar-refractivity contribution is 0.0910. The maximum absolute atomic E-state index is 11.7. The maximum Gasteiger partial charge on any atom is 0.251 e. The van der Waals surface area contributed by atoms with Crippen molar-refractivity contribution in [3.63, 3.8) is 0 Å². The van der Waals surface area contributed by atoms with Crippen molar-refractivity contribution in [2.75, 3.05) is 13.7 Å². The molecule has 1 amide bonds. The summed E-state index contributed by atoms with van der Waals surface area (Å²) in [6, 6.07) is 6.92. The number of carbonyl (C=O) groups excluding carboxylic acids is 1. The standard InChI is InChI=1S/C13H19NO3/c1-3-5-11(15)9-14-13(16)10-6-4-7-12(8-10)17-2/h4,6-8,11,15H,3,5,9H2,1-2H3,(H,14,16). The second kappa shape index (κ2) is 6.91. The molecule has 1 unspecified atom stereocenters. The summed E-state index contributed by atoms with van der Waals surface area (Å²) in [7, 11) is 1.56. The van der Waals surface area contributed by atoms with Gasteiger partial charge in [0.25, 0.3) is 5.91 Å². The van der Waals surface area contributed by atoms with Gasteiger partial charge >= 0.3 is 0 Å². The van der Waals surface area contributed by atoms with Crippen molar-refractivity contribution in [3.8, 4) is 5.75 Å². The number of benzene rings is 1. The molecule has 4 nitrogen and oxygen atoms in total. The highest BCUT2D eigenvalue weighted by atomic mass is 16.5. The Hall–Kier alpha value is -1.55. The molecule has 1 aromatic rings. The molecule has 0 saturated carbocycles. The second-order valence-corrected chi connectivity index (χ2v) is 3.88. The molecule has 0 heterocycles. The molecular weight excluding hydrogens is 218 g/mol. The van der Waals surface area contributed by atoms with Crippen molar-refractivity contribution in [1.82, 2.24) is 5.32 Å². The van der Waals surface area contributed by atoms with E-state index in [0.29, 0.717) is 17.7 Å². The zero-order chi connectivity index (χ0) is 12.7. The lowest BCUT2D eigenvalue weighted by atomic mass is 10.2. The van der Waals surface area contributed by atoms with Gasteiger partial charge in [-0.05, 0) is 24.6 Å². The minimum atomic E-state index is -0.477. The van der Waals surface area contributed by atoms with Gasteiger partial charge in [0.2, 0.25) is 0 Å². The molecule has 0 saturated heterocycles. The SMILES string of the molecule is CCCC(O)CNC(=O)c1cccc(OC)c1. The van der Waals surface area contributed by atoms with Crippen LogP contribution in [0.4, 0.5) is 0 Å². The monoisotopic (exact) mass is 237 g/mol. The molecule has 0 radical (unpaired) electrons. The van der Waals surface area contributed by atoms with Gasteiger partial charge in [-0.1, -0.05) is 19.4 Å². The smallest absolute Gasteiger partial charge is 0.251 e. The number of ether oxygens (including phenoxy) is 1. The fourth-order valence-corrected chi connectivity index (χ4v) is 1.51. The molecule has 0 aliphatic heterocycles. The quantitative estimate of drug-likeness (QED) is 0.790. The van der Waals surface area contributed by atoms with E-state index in [1.807, 2.05) is 6.92 Å². The zero-order valence-electron chi connectivity index (χ0n) is 10.3. The summed E-state index contributed by atoms with van der Waals surface area (Å²) in [5.41, 5.74) is 0.535. The summed E-state index contributed by atoms with van der Waals surface area (Å²) in [6.07, 6.45) is 1.11. The van der Waals surface area contributed by atoms with Crippen LogP contribution in [-0.4, -0.2) is 30.8 Å². The predicted octanol–water partition coefficient (Wildman–Crippen LogP) is 1.59. The normalized spacial score (nSPS) is 11.9. The molecule has 1 atom stereocenters. The zero-order valence-corrected chi connectivity index (χ0v) is 10.3. The van der Waals surface area contributed by atoms with Crippen LogP contribution in [0.25, 0.3) is 0 Å². The average Bonchev–Trinajstić information content (AvgIpc) is 2.36. The van der Waals surface area contributed by atoms with Crippen LogP contribution in [0.1, 0.15) is 30.1 Å². The molecule has 1 aromatic carbocycles. The molecule has 17 heavy (non-hydrogen) atoms. The third kappa shape index (κ3) is 4.44. The number of methoxy groups -OCH3 is 1. The first-order valence-electron chi connectivity index (χ1n) is 5.77.